The lowest BCUT2D eigenvalue weighted by molar-refractivity contribution is 0.0987. The summed E-state index contributed by atoms with van der Waals surface area (Å²) in [7, 11) is 0. The molecule has 4 heterocycles. The lowest BCUT2D eigenvalue weighted by Crippen LogP contribution is -2.47. The van der Waals surface area contributed by atoms with Gasteiger partial charge in [0.1, 0.15) is 0 Å². The molecule has 2 aliphatic heterocycles. The fourth-order valence-corrected chi connectivity index (χ4v) is 6.55. The van der Waals surface area contributed by atoms with E-state index in [0.717, 1.165) is 36.6 Å². The Morgan fingerprint density at radius 1 is 1.00 bits per heavy atom. The first kappa shape index (κ1) is 25.8. The van der Waals surface area contributed by atoms with Crippen molar-refractivity contribution in [3.8, 4) is 0 Å². The highest BCUT2D eigenvalue weighted by Gasteiger charge is 2.35. The number of aromatic nitrogens is 1. The number of nitrogens with zero attached hydrogens (tertiary/aromatic N) is 3. The normalized spacial score (nSPS) is 17.6. The number of amides is 2. The molecule has 7 nitrogen and oxygen atoms in total. The van der Waals surface area contributed by atoms with Gasteiger partial charge in [-0.15, -0.1) is 17.9 Å². The standard InChI is InChI=1S/C32H30N4O3S/c1-2-15-35(25-8-4-3-5-9-25)32(39)23-13-14-28(26(18-23)33-31(38)29-11-7-16-40-29)34-19-22-17-24(21-34)27-10-6-12-30(37)36(27)20-22/h2-14,16,18,22,24H,1,15,17,19-21H2,(H,33,38)/t22-,24+/m1/s1. The molecule has 1 saturated heterocycles. The SMILES string of the molecule is C=CCN(C(=O)c1ccc(N2C[C@H]3C[C@@H](C2)c2cccc(=O)n2C3)c(NC(=O)c2cccs2)c1)c1ccccc1. The monoisotopic (exact) mass is 550 g/mol. The van der Waals surface area contributed by atoms with Crippen molar-refractivity contribution < 1.29 is 9.59 Å². The maximum atomic E-state index is 13.7. The molecular weight excluding hydrogens is 520 g/mol. The summed E-state index contributed by atoms with van der Waals surface area (Å²) in [6.07, 6.45) is 2.73. The number of thiophene rings is 1. The predicted molar refractivity (Wildman–Crippen MR) is 161 cm³/mol. The highest BCUT2D eigenvalue weighted by Crippen LogP contribution is 2.39. The molecule has 4 aromatic rings. The van der Waals surface area contributed by atoms with Crippen molar-refractivity contribution in [2.24, 2.45) is 5.92 Å². The number of carbonyl (C=O) groups is 2. The van der Waals surface area contributed by atoms with E-state index in [1.54, 1.807) is 29.2 Å². The number of nitrogens with one attached hydrogen (secondary N) is 1. The van der Waals surface area contributed by atoms with Crippen LogP contribution in [0.4, 0.5) is 17.1 Å². The summed E-state index contributed by atoms with van der Waals surface area (Å²) in [4.78, 5) is 44.0. The van der Waals surface area contributed by atoms with Gasteiger partial charge >= 0.3 is 0 Å². The molecule has 202 valence electrons. The van der Waals surface area contributed by atoms with Crippen LogP contribution in [0, 0.1) is 5.92 Å². The van der Waals surface area contributed by atoms with Gasteiger partial charge in [-0.3, -0.25) is 14.4 Å². The summed E-state index contributed by atoms with van der Waals surface area (Å²) < 4.78 is 1.91. The van der Waals surface area contributed by atoms with Crippen LogP contribution in [0.3, 0.4) is 0 Å². The number of hydrogen-bond donors (Lipinski definition) is 1. The van der Waals surface area contributed by atoms with Crippen LogP contribution in [0.5, 0.6) is 0 Å². The Bertz CT molecular complexity index is 1610. The van der Waals surface area contributed by atoms with E-state index in [2.05, 4.69) is 16.8 Å². The van der Waals surface area contributed by atoms with Gasteiger partial charge in [0.15, 0.2) is 0 Å². The van der Waals surface area contributed by atoms with Gasteiger partial charge in [-0.05, 0) is 60.2 Å². The van der Waals surface area contributed by atoms with Crippen molar-refractivity contribution in [2.75, 3.05) is 34.8 Å². The van der Waals surface area contributed by atoms with Crippen LogP contribution in [-0.2, 0) is 6.54 Å². The molecule has 1 fully saturated rings. The Labute approximate surface area is 237 Å². The smallest absolute Gasteiger partial charge is 0.265 e. The highest BCUT2D eigenvalue weighted by atomic mass is 32.1. The Morgan fingerprint density at radius 2 is 1.85 bits per heavy atom. The van der Waals surface area contributed by atoms with E-state index in [1.165, 1.54) is 11.3 Å². The van der Waals surface area contributed by atoms with Crippen LogP contribution < -0.4 is 20.7 Å². The fourth-order valence-electron chi connectivity index (χ4n) is 5.93. The van der Waals surface area contributed by atoms with Crippen LogP contribution in [-0.4, -0.2) is 36.0 Å². The van der Waals surface area contributed by atoms with E-state index >= 15 is 0 Å². The summed E-state index contributed by atoms with van der Waals surface area (Å²) in [5, 5.41) is 4.96. The van der Waals surface area contributed by atoms with Gasteiger partial charge in [-0.25, -0.2) is 0 Å². The Morgan fingerprint density at radius 3 is 2.62 bits per heavy atom. The minimum atomic E-state index is -0.207. The number of benzene rings is 2. The number of para-hydroxylation sites is 1. The van der Waals surface area contributed by atoms with Crippen molar-refractivity contribution in [2.45, 2.75) is 18.9 Å². The first-order valence-electron chi connectivity index (χ1n) is 13.4. The number of carbonyl (C=O) groups excluding carboxylic acids is 2. The largest absolute Gasteiger partial charge is 0.369 e. The van der Waals surface area contributed by atoms with Gasteiger partial charge in [0.2, 0.25) is 0 Å². The zero-order chi connectivity index (χ0) is 27.6. The Hall–Kier alpha value is -4.43. The van der Waals surface area contributed by atoms with E-state index in [4.69, 9.17) is 0 Å². The third-order valence-corrected chi connectivity index (χ3v) is 8.55. The van der Waals surface area contributed by atoms with E-state index in [0.29, 0.717) is 35.1 Å². The van der Waals surface area contributed by atoms with Gasteiger partial charge in [-0.2, -0.15) is 0 Å². The summed E-state index contributed by atoms with van der Waals surface area (Å²) in [5.74, 6) is 0.147. The number of pyridine rings is 1. The molecule has 6 rings (SSSR count). The first-order valence-corrected chi connectivity index (χ1v) is 14.3. The molecule has 2 atom stereocenters. The average Bonchev–Trinajstić information content (AvgIpc) is 3.52. The van der Waals surface area contributed by atoms with Crippen LogP contribution in [0.25, 0.3) is 0 Å². The maximum Gasteiger partial charge on any atom is 0.265 e. The number of anilines is 3. The Balaban J connectivity index is 1.36. The molecule has 40 heavy (non-hydrogen) atoms. The minimum Gasteiger partial charge on any atom is -0.369 e. The third-order valence-electron chi connectivity index (χ3n) is 7.68. The number of rotatable bonds is 7. The molecule has 8 heteroatoms. The number of fused-ring (bicyclic) bond motifs is 4. The van der Waals surface area contributed by atoms with Crippen molar-refractivity contribution in [3.05, 3.63) is 123 Å². The molecule has 2 bridgehead atoms. The van der Waals surface area contributed by atoms with Gasteiger partial charge in [-0.1, -0.05) is 36.4 Å². The second-order valence-corrected chi connectivity index (χ2v) is 11.3. The van der Waals surface area contributed by atoms with Crippen LogP contribution in [0.2, 0.25) is 0 Å². The van der Waals surface area contributed by atoms with Crippen molar-refractivity contribution in [1.82, 2.24) is 4.57 Å². The zero-order valence-electron chi connectivity index (χ0n) is 22.0. The van der Waals surface area contributed by atoms with Gasteiger partial charge < -0.3 is 19.7 Å². The second-order valence-electron chi connectivity index (χ2n) is 10.3. The van der Waals surface area contributed by atoms with Crippen LogP contribution in [0.15, 0.2) is 102 Å². The third kappa shape index (κ3) is 4.98. The number of hydrogen-bond acceptors (Lipinski definition) is 5. The molecule has 2 aliphatic rings. The maximum absolute atomic E-state index is 13.7. The Kier molecular flexibility index (Phi) is 7.09. The molecule has 0 aliphatic carbocycles. The predicted octanol–water partition coefficient (Wildman–Crippen LogP) is 5.62. The quantitative estimate of drug-likeness (QED) is 0.303. The summed E-state index contributed by atoms with van der Waals surface area (Å²) >= 11 is 1.37. The minimum absolute atomic E-state index is 0.0508. The van der Waals surface area contributed by atoms with E-state index in [1.807, 2.05) is 70.6 Å². The molecular formula is C32H30N4O3S. The van der Waals surface area contributed by atoms with Crippen LogP contribution >= 0.6 is 11.3 Å². The fraction of sp³-hybridized carbons (Fsp3) is 0.219. The highest BCUT2D eigenvalue weighted by molar-refractivity contribution is 7.12. The summed E-state index contributed by atoms with van der Waals surface area (Å²) in [5.41, 5.74) is 3.84. The first-order chi connectivity index (χ1) is 19.5. The average molecular weight is 551 g/mol. The molecule has 2 amide bonds. The zero-order valence-corrected chi connectivity index (χ0v) is 22.8. The summed E-state index contributed by atoms with van der Waals surface area (Å²) in [6, 6.07) is 24.2. The van der Waals surface area contributed by atoms with Crippen molar-refractivity contribution >= 4 is 40.2 Å². The molecule has 0 spiro atoms. The van der Waals surface area contributed by atoms with Crippen molar-refractivity contribution in [1.29, 1.82) is 0 Å². The molecule has 0 saturated carbocycles. The molecule has 0 unspecified atom stereocenters. The topological polar surface area (TPSA) is 74.7 Å². The van der Waals surface area contributed by atoms with E-state index in [-0.39, 0.29) is 23.3 Å². The van der Waals surface area contributed by atoms with Gasteiger partial charge in [0.25, 0.3) is 17.4 Å². The number of piperidine rings is 1. The lowest BCUT2D eigenvalue weighted by Gasteiger charge is -2.44. The lowest BCUT2D eigenvalue weighted by atomic mass is 9.83. The molecule has 2 aromatic carbocycles. The van der Waals surface area contributed by atoms with Crippen molar-refractivity contribution in [3.63, 3.8) is 0 Å². The summed E-state index contributed by atoms with van der Waals surface area (Å²) in [6.45, 7) is 6.36. The van der Waals surface area contributed by atoms with Crippen LogP contribution in [0.1, 0.15) is 38.1 Å². The second kappa shape index (κ2) is 11.0. The van der Waals surface area contributed by atoms with Gasteiger partial charge in [0.05, 0.1) is 16.3 Å². The van der Waals surface area contributed by atoms with E-state index in [9.17, 15) is 14.4 Å². The molecule has 2 aromatic heterocycles. The van der Waals surface area contributed by atoms with E-state index < -0.39 is 0 Å². The van der Waals surface area contributed by atoms with Gasteiger partial charge in [0, 0.05) is 55.1 Å². The molecule has 1 N–H and O–H groups in total. The molecule has 0 radical (unpaired) electrons.